The molecule has 1 aromatic heterocycles. The third kappa shape index (κ3) is 3.99. The zero-order valence-electron chi connectivity index (χ0n) is 17.2. The Morgan fingerprint density at radius 1 is 1.27 bits per heavy atom. The van der Waals surface area contributed by atoms with E-state index in [0.717, 1.165) is 47.2 Å². The third-order valence-corrected chi connectivity index (χ3v) is 5.95. The summed E-state index contributed by atoms with van der Waals surface area (Å²) < 4.78 is 2.18. The number of benzene rings is 2. The predicted molar refractivity (Wildman–Crippen MR) is 119 cm³/mol. The van der Waals surface area contributed by atoms with Gasteiger partial charge in [-0.2, -0.15) is 0 Å². The number of aromatic nitrogens is 2. The highest BCUT2D eigenvalue weighted by atomic mass is 16.2. The number of nitrogens with two attached hydrogens (primary N) is 2. The van der Waals surface area contributed by atoms with Gasteiger partial charge in [-0.15, -0.1) is 0 Å². The lowest BCUT2D eigenvalue weighted by Crippen LogP contribution is -2.35. The molecule has 1 saturated heterocycles. The van der Waals surface area contributed by atoms with Crippen LogP contribution in [0.1, 0.15) is 24.5 Å². The zero-order chi connectivity index (χ0) is 21.1. The number of likely N-dealkylation sites (tertiary alicyclic amines) is 1. The largest absolute Gasteiger partial charge is 0.404 e. The Labute approximate surface area is 176 Å². The molecule has 1 aliphatic rings. The van der Waals surface area contributed by atoms with Crippen LogP contribution in [0.3, 0.4) is 0 Å². The van der Waals surface area contributed by atoms with Crippen LogP contribution in [-0.2, 0) is 17.8 Å². The molecule has 154 valence electrons. The fraction of sp³-hybridized carbons (Fsp3) is 0.292. The van der Waals surface area contributed by atoms with Crippen molar-refractivity contribution in [1.82, 2.24) is 14.5 Å². The summed E-state index contributed by atoms with van der Waals surface area (Å²) in [6.45, 7) is 3.77. The number of imidazole rings is 1. The quantitative estimate of drug-likeness (QED) is 0.615. The summed E-state index contributed by atoms with van der Waals surface area (Å²) in [7, 11) is 0. The molecule has 6 nitrogen and oxygen atoms in total. The van der Waals surface area contributed by atoms with Crippen LogP contribution in [0.25, 0.3) is 16.6 Å². The van der Waals surface area contributed by atoms with Crippen molar-refractivity contribution in [3.05, 3.63) is 72.2 Å². The second kappa shape index (κ2) is 8.53. The van der Waals surface area contributed by atoms with Gasteiger partial charge >= 0.3 is 0 Å². The van der Waals surface area contributed by atoms with Crippen LogP contribution in [0.5, 0.6) is 0 Å². The maximum Gasteiger partial charge on any atom is 0.227 e. The van der Waals surface area contributed by atoms with E-state index < -0.39 is 0 Å². The standard InChI is InChI=1S/C24H27N5O/c1-17-9-19(15-29(17)24(30)10-18-5-3-2-4-6-18)14-28-16-27-22-11-20(7-8-23(22)28)21(12-25)13-26/h2-8,11-13,16-17,19,25H,9-10,14-15,26H2,1H3/p+1/b21-13+,25-12?/t17-,19?/m0/s1. The lowest BCUT2D eigenvalue weighted by Gasteiger charge is -2.21. The number of allylic oxidation sites excluding steroid dienone is 1. The van der Waals surface area contributed by atoms with Crippen molar-refractivity contribution in [1.29, 1.82) is 0 Å². The molecule has 6 heteroatoms. The summed E-state index contributed by atoms with van der Waals surface area (Å²) in [6, 6.07) is 16.3. The summed E-state index contributed by atoms with van der Waals surface area (Å²) >= 11 is 0. The molecule has 0 radical (unpaired) electrons. The minimum Gasteiger partial charge on any atom is -0.404 e. The Kier molecular flexibility index (Phi) is 5.65. The van der Waals surface area contributed by atoms with E-state index >= 15 is 0 Å². The summed E-state index contributed by atoms with van der Waals surface area (Å²) in [6.07, 6.45) is 6.34. The van der Waals surface area contributed by atoms with Crippen LogP contribution in [0.15, 0.2) is 61.1 Å². The van der Waals surface area contributed by atoms with E-state index in [4.69, 9.17) is 11.1 Å². The Balaban J connectivity index is 1.45. The third-order valence-electron chi connectivity index (χ3n) is 5.95. The zero-order valence-corrected chi connectivity index (χ0v) is 17.2. The molecule has 0 bridgehead atoms. The summed E-state index contributed by atoms with van der Waals surface area (Å²) in [4.78, 5) is 19.4. The Morgan fingerprint density at radius 2 is 2.07 bits per heavy atom. The molecule has 0 spiro atoms. The minimum atomic E-state index is 0.204. The number of amides is 1. The smallest absolute Gasteiger partial charge is 0.227 e. The Bertz CT molecular complexity index is 1090. The molecule has 1 unspecified atom stereocenters. The molecule has 3 aromatic rings. The number of carbonyl (C=O) groups is 1. The molecular weight excluding hydrogens is 374 g/mol. The van der Waals surface area contributed by atoms with E-state index in [9.17, 15) is 4.79 Å². The van der Waals surface area contributed by atoms with Crippen molar-refractivity contribution in [3.8, 4) is 0 Å². The van der Waals surface area contributed by atoms with Gasteiger partial charge in [0, 0.05) is 25.3 Å². The number of hydrogen-bond donors (Lipinski definition) is 2. The average molecular weight is 403 g/mol. The molecule has 0 saturated carbocycles. The first-order chi connectivity index (χ1) is 14.6. The molecule has 1 amide bonds. The molecule has 4 N–H and O–H groups in total. The predicted octanol–water partition coefficient (Wildman–Crippen LogP) is 1.65. The van der Waals surface area contributed by atoms with Crippen LogP contribution in [0, 0.1) is 5.92 Å². The number of fused-ring (bicyclic) bond motifs is 1. The lowest BCUT2D eigenvalue weighted by molar-refractivity contribution is -0.131. The van der Waals surface area contributed by atoms with Gasteiger partial charge in [0.05, 0.1) is 29.4 Å². The monoisotopic (exact) mass is 402 g/mol. The van der Waals surface area contributed by atoms with Gasteiger partial charge in [0.1, 0.15) is 0 Å². The van der Waals surface area contributed by atoms with Crippen LogP contribution < -0.4 is 11.1 Å². The lowest BCUT2D eigenvalue weighted by atomic mass is 10.1. The van der Waals surface area contributed by atoms with Gasteiger partial charge in [0.2, 0.25) is 5.91 Å². The molecule has 30 heavy (non-hydrogen) atoms. The van der Waals surface area contributed by atoms with E-state index in [1.54, 1.807) is 0 Å². The first-order valence-corrected chi connectivity index (χ1v) is 10.3. The molecule has 1 fully saturated rings. The average Bonchev–Trinajstić information content (AvgIpc) is 3.33. The van der Waals surface area contributed by atoms with Gasteiger partial charge in [0.15, 0.2) is 6.21 Å². The molecule has 2 heterocycles. The first kappa shape index (κ1) is 19.9. The highest BCUT2D eigenvalue weighted by Gasteiger charge is 2.32. The fourth-order valence-corrected chi connectivity index (χ4v) is 4.41. The highest BCUT2D eigenvalue weighted by molar-refractivity contribution is 6.07. The SMILES string of the molecule is C[C@H]1CC(Cn2cnc3cc(/C(C=[NH2+])=C/N)ccc32)CN1C(=O)Cc1ccccc1. The molecule has 2 atom stereocenters. The van der Waals surface area contributed by atoms with E-state index in [0.29, 0.717) is 12.3 Å². The number of rotatable bonds is 6. The number of hydrogen-bond acceptors (Lipinski definition) is 3. The van der Waals surface area contributed by atoms with Crippen molar-refractivity contribution < 1.29 is 10.2 Å². The van der Waals surface area contributed by atoms with Crippen LogP contribution in [0.4, 0.5) is 0 Å². The molecular formula is C24H28N5O+. The van der Waals surface area contributed by atoms with Gasteiger partial charge in [-0.3, -0.25) is 10.2 Å². The number of carbonyl (C=O) groups excluding carboxylic acids is 1. The van der Waals surface area contributed by atoms with Gasteiger partial charge in [-0.05, 0) is 42.5 Å². The summed E-state index contributed by atoms with van der Waals surface area (Å²) in [5, 5.41) is 5.64. The van der Waals surface area contributed by atoms with Gasteiger partial charge in [0.25, 0.3) is 0 Å². The minimum absolute atomic E-state index is 0.204. The summed E-state index contributed by atoms with van der Waals surface area (Å²) in [5.41, 5.74) is 10.4. The topological polar surface area (TPSA) is 89.7 Å². The molecule has 4 rings (SSSR count). The molecule has 1 aliphatic heterocycles. The van der Waals surface area contributed by atoms with Gasteiger partial charge in [-0.1, -0.05) is 36.4 Å². The number of nitrogens with zero attached hydrogens (tertiary/aromatic N) is 3. The van der Waals surface area contributed by atoms with Crippen LogP contribution in [-0.4, -0.2) is 39.2 Å². The van der Waals surface area contributed by atoms with E-state index in [-0.39, 0.29) is 11.9 Å². The van der Waals surface area contributed by atoms with Crippen molar-refractivity contribution in [2.45, 2.75) is 32.4 Å². The highest BCUT2D eigenvalue weighted by Crippen LogP contribution is 2.27. The van der Waals surface area contributed by atoms with Gasteiger partial charge in [-0.25, -0.2) is 4.98 Å². The van der Waals surface area contributed by atoms with Crippen LogP contribution >= 0.6 is 0 Å². The van der Waals surface area contributed by atoms with E-state index in [1.807, 2.05) is 53.7 Å². The van der Waals surface area contributed by atoms with E-state index in [1.165, 1.54) is 12.4 Å². The molecule has 0 aliphatic carbocycles. The second-order valence-electron chi connectivity index (χ2n) is 8.05. The maximum absolute atomic E-state index is 12.8. The van der Waals surface area contributed by atoms with Crippen molar-refractivity contribution in [2.75, 3.05) is 6.54 Å². The van der Waals surface area contributed by atoms with Gasteiger partial charge < -0.3 is 15.2 Å². The van der Waals surface area contributed by atoms with Crippen molar-refractivity contribution in [3.63, 3.8) is 0 Å². The maximum atomic E-state index is 12.8. The Hall–Kier alpha value is -3.41. The first-order valence-electron chi connectivity index (χ1n) is 10.3. The van der Waals surface area contributed by atoms with Crippen molar-refractivity contribution in [2.24, 2.45) is 11.7 Å². The van der Waals surface area contributed by atoms with E-state index in [2.05, 4.69) is 22.5 Å². The van der Waals surface area contributed by atoms with Crippen molar-refractivity contribution >= 4 is 28.7 Å². The Morgan fingerprint density at radius 3 is 2.80 bits per heavy atom. The fourth-order valence-electron chi connectivity index (χ4n) is 4.41. The second-order valence-corrected chi connectivity index (χ2v) is 8.05. The molecule has 2 aromatic carbocycles. The van der Waals surface area contributed by atoms with Crippen LogP contribution in [0.2, 0.25) is 0 Å². The summed E-state index contributed by atoms with van der Waals surface area (Å²) in [5.74, 6) is 0.615. The normalized spacial score (nSPS) is 19.4.